The van der Waals surface area contributed by atoms with E-state index in [0.29, 0.717) is 18.7 Å². The highest BCUT2D eigenvalue weighted by Gasteiger charge is 2.23. The molecule has 1 unspecified atom stereocenters. The van der Waals surface area contributed by atoms with Gasteiger partial charge in [0.2, 0.25) is 0 Å². The Kier molecular flexibility index (Phi) is 2.87. The maximum Gasteiger partial charge on any atom is 0.167 e. The Labute approximate surface area is 93.4 Å². The van der Waals surface area contributed by atoms with Gasteiger partial charge in [0, 0.05) is 25.2 Å². The molecule has 4 nitrogen and oxygen atoms in total. The minimum Gasteiger partial charge on any atom is -0.494 e. The Morgan fingerprint density at radius 2 is 2.31 bits per heavy atom. The SMILES string of the molecule is COc1cc(N2CCC(O)C2)c(N)cc1F. The predicted octanol–water partition coefficient (Wildman–Crippen LogP) is 0.987. The van der Waals surface area contributed by atoms with Gasteiger partial charge in [-0.1, -0.05) is 0 Å². The van der Waals surface area contributed by atoms with Crippen LogP contribution in [0.25, 0.3) is 0 Å². The number of nitrogens with zero attached hydrogens (tertiary/aromatic N) is 1. The molecule has 1 heterocycles. The van der Waals surface area contributed by atoms with Crippen LogP contribution in [0, 0.1) is 5.82 Å². The lowest BCUT2D eigenvalue weighted by Crippen LogP contribution is -2.22. The van der Waals surface area contributed by atoms with Gasteiger partial charge in [0.15, 0.2) is 11.6 Å². The fourth-order valence-corrected chi connectivity index (χ4v) is 1.95. The minimum atomic E-state index is -0.469. The first kappa shape index (κ1) is 11.0. The van der Waals surface area contributed by atoms with Gasteiger partial charge in [-0.3, -0.25) is 0 Å². The zero-order valence-electron chi connectivity index (χ0n) is 9.11. The molecule has 0 spiro atoms. The van der Waals surface area contributed by atoms with Crippen molar-refractivity contribution in [3.8, 4) is 5.75 Å². The molecule has 0 bridgehead atoms. The lowest BCUT2D eigenvalue weighted by atomic mass is 10.2. The molecule has 1 aromatic rings. The number of aliphatic hydroxyl groups excluding tert-OH is 1. The minimum absolute atomic E-state index is 0.172. The third kappa shape index (κ3) is 1.90. The van der Waals surface area contributed by atoms with E-state index in [-0.39, 0.29) is 11.9 Å². The maximum atomic E-state index is 13.3. The van der Waals surface area contributed by atoms with Crippen molar-refractivity contribution in [2.75, 3.05) is 30.8 Å². The first-order valence-corrected chi connectivity index (χ1v) is 5.18. The zero-order chi connectivity index (χ0) is 11.7. The summed E-state index contributed by atoms with van der Waals surface area (Å²) in [5.74, 6) is -0.297. The molecule has 0 amide bonds. The smallest absolute Gasteiger partial charge is 0.167 e. The second kappa shape index (κ2) is 4.17. The Balaban J connectivity index is 2.33. The highest BCUT2D eigenvalue weighted by Crippen LogP contribution is 2.32. The van der Waals surface area contributed by atoms with Gasteiger partial charge in [-0.25, -0.2) is 4.39 Å². The Morgan fingerprint density at radius 1 is 1.56 bits per heavy atom. The number of aliphatic hydroxyl groups is 1. The molecule has 88 valence electrons. The second-order valence-corrected chi connectivity index (χ2v) is 3.93. The van der Waals surface area contributed by atoms with Crippen LogP contribution >= 0.6 is 0 Å². The Morgan fingerprint density at radius 3 is 2.88 bits per heavy atom. The van der Waals surface area contributed by atoms with Crippen molar-refractivity contribution in [1.29, 1.82) is 0 Å². The highest BCUT2D eigenvalue weighted by atomic mass is 19.1. The van der Waals surface area contributed by atoms with Crippen LogP contribution in [-0.4, -0.2) is 31.4 Å². The van der Waals surface area contributed by atoms with Gasteiger partial charge in [0.25, 0.3) is 0 Å². The lowest BCUT2D eigenvalue weighted by Gasteiger charge is -2.20. The van der Waals surface area contributed by atoms with Crippen LogP contribution < -0.4 is 15.4 Å². The quantitative estimate of drug-likeness (QED) is 0.738. The standard InChI is InChI=1S/C11H15FN2O2/c1-16-11-5-10(9(13)4-8(11)12)14-3-2-7(15)6-14/h4-5,7,15H,2-3,6,13H2,1H3. The third-order valence-corrected chi connectivity index (χ3v) is 2.81. The summed E-state index contributed by atoms with van der Waals surface area (Å²) in [5, 5.41) is 9.45. The van der Waals surface area contributed by atoms with Crippen LogP contribution in [0.4, 0.5) is 15.8 Å². The normalized spacial score (nSPS) is 20.2. The number of rotatable bonds is 2. The Hall–Kier alpha value is -1.49. The summed E-state index contributed by atoms with van der Waals surface area (Å²) < 4.78 is 18.2. The number of hydrogen-bond acceptors (Lipinski definition) is 4. The van der Waals surface area contributed by atoms with Gasteiger partial charge in [0.1, 0.15) is 0 Å². The van der Waals surface area contributed by atoms with Gasteiger partial charge < -0.3 is 20.5 Å². The van der Waals surface area contributed by atoms with Crippen LogP contribution in [0.2, 0.25) is 0 Å². The van der Waals surface area contributed by atoms with E-state index >= 15 is 0 Å². The average molecular weight is 226 g/mol. The molecular formula is C11H15FN2O2. The molecule has 1 fully saturated rings. The molecule has 1 aliphatic rings. The van der Waals surface area contributed by atoms with Crippen LogP contribution in [0.3, 0.4) is 0 Å². The van der Waals surface area contributed by atoms with E-state index in [1.54, 1.807) is 6.07 Å². The molecule has 1 saturated heterocycles. The first-order chi connectivity index (χ1) is 7.61. The molecule has 2 rings (SSSR count). The van der Waals surface area contributed by atoms with Gasteiger partial charge in [-0.15, -0.1) is 0 Å². The summed E-state index contributed by atoms with van der Waals surface area (Å²) in [5.41, 5.74) is 6.84. The molecule has 5 heteroatoms. The number of benzene rings is 1. The monoisotopic (exact) mass is 226 g/mol. The van der Waals surface area contributed by atoms with Crippen LogP contribution in [0.5, 0.6) is 5.75 Å². The summed E-state index contributed by atoms with van der Waals surface area (Å²) in [6.07, 6.45) is 0.370. The fraction of sp³-hybridized carbons (Fsp3) is 0.455. The summed E-state index contributed by atoms with van der Waals surface area (Å²) in [6, 6.07) is 2.82. The molecule has 1 aliphatic heterocycles. The maximum absolute atomic E-state index is 13.3. The van der Waals surface area contributed by atoms with Crippen LogP contribution in [0.15, 0.2) is 12.1 Å². The number of hydrogen-bond donors (Lipinski definition) is 2. The van der Waals surface area contributed by atoms with Gasteiger partial charge >= 0.3 is 0 Å². The first-order valence-electron chi connectivity index (χ1n) is 5.18. The van der Waals surface area contributed by atoms with Gasteiger partial charge in [0.05, 0.1) is 24.6 Å². The number of halogens is 1. The molecule has 16 heavy (non-hydrogen) atoms. The second-order valence-electron chi connectivity index (χ2n) is 3.93. The number of nitrogen functional groups attached to an aromatic ring is 1. The highest BCUT2D eigenvalue weighted by molar-refractivity contribution is 5.70. The van der Waals surface area contributed by atoms with Crippen molar-refractivity contribution in [1.82, 2.24) is 0 Å². The van der Waals surface area contributed by atoms with E-state index in [0.717, 1.165) is 12.2 Å². The zero-order valence-corrected chi connectivity index (χ0v) is 9.11. The molecule has 0 aromatic heterocycles. The Bertz CT molecular complexity index is 398. The molecule has 0 radical (unpaired) electrons. The molecule has 1 aromatic carbocycles. The summed E-state index contributed by atoms with van der Waals surface area (Å²) in [7, 11) is 1.41. The molecule has 0 saturated carbocycles. The van der Waals surface area contributed by atoms with Crippen molar-refractivity contribution >= 4 is 11.4 Å². The summed E-state index contributed by atoms with van der Waals surface area (Å²) in [6.45, 7) is 1.25. The molecule has 0 aliphatic carbocycles. The molecular weight excluding hydrogens is 211 g/mol. The van der Waals surface area contributed by atoms with E-state index in [1.807, 2.05) is 4.90 Å². The van der Waals surface area contributed by atoms with E-state index in [1.165, 1.54) is 13.2 Å². The van der Waals surface area contributed by atoms with E-state index in [9.17, 15) is 9.50 Å². The van der Waals surface area contributed by atoms with Crippen molar-refractivity contribution in [2.45, 2.75) is 12.5 Å². The van der Waals surface area contributed by atoms with E-state index in [2.05, 4.69) is 0 Å². The van der Waals surface area contributed by atoms with Crippen molar-refractivity contribution in [3.05, 3.63) is 17.9 Å². The lowest BCUT2D eigenvalue weighted by molar-refractivity contribution is 0.198. The number of methoxy groups -OCH3 is 1. The number of ether oxygens (including phenoxy) is 1. The number of anilines is 2. The van der Waals surface area contributed by atoms with Crippen molar-refractivity contribution in [2.24, 2.45) is 0 Å². The number of β-amino-alcohol motifs (C(OH)–C–C–N with tert-alkyl or cyclic N) is 1. The van der Waals surface area contributed by atoms with Crippen molar-refractivity contribution < 1.29 is 14.2 Å². The van der Waals surface area contributed by atoms with Crippen molar-refractivity contribution in [3.63, 3.8) is 0 Å². The van der Waals surface area contributed by atoms with E-state index < -0.39 is 5.82 Å². The predicted molar refractivity (Wildman–Crippen MR) is 60.2 cm³/mol. The van der Waals surface area contributed by atoms with Gasteiger partial charge in [-0.05, 0) is 6.42 Å². The topological polar surface area (TPSA) is 58.7 Å². The molecule has 3 N–H and O–H groups in total. The molecule has 1 atom stereocenters. The third-order valence-electron chi connectivity index (χ3n) is 2.81. The summed E-state index contributed by atoms with van der Waals surface area (Å²) >= 11 is 0. The van der Waals surface area contributed by atoms with Crippen LogP contribution in [-0.2, 0) is 0 Å². The summed E-state index contributed by atoms with van der Waals surface area (Å²) in [4.78, 5) is 1.93. The van der Waals surface area contributed by atoms with Crippen LogP contribution in [0.1, 0.15) is 6.42 Å². The largest absolute Gasteiger partial charge is 0.494 e. The number of nitrogens with two attached hydrogens (primary N) is 1. The van der Waals surface area contributed by atoms with Gasteiger partial charge in [-0.2, -0.15) is 0 Å². The average Bonchev–Trinajstić information content (AvgIpc) is 2.65. The fourth-order valence-electron chi connectivity index (χ4n) is 1.95. The van der Waals surface area contributed by atoms with E-state index in [4.69, 9.17) is 10.5 Å².